The highest BCUT2D eigenvalue weighted by Gasteiger charge is 2.19. The van der Waals surface area contributed by atoms with Gasteiger partial charge in [0.1, 0.15) is 5.82 Å². The zero-order valence-electron chi connectivity index (χ0n) is 17.5. The molecule has 1 amide bonds. The highest BCUT2D eigenvalue weighted by molar-refractivity contribution is 6.03. The van der Waals surface area contributed by atoms with Gasteiger partial charge in [-0.1, -0.05) is 0 Å². The number of benzene rings is 1. The SMILES string of the molecule is Cc1nc(C)c(C(=O)Nc2ccc(F)c(-c3nc4ncc(N5CCOCC5)cn4n3)c2)o1. The number of oxazole rings is 1. The van der Waals surface area contributed by atoms with E-state index in [9.17, 15) is 9.18 Å². The summed E-state index contributed by atoms with van der Waals surface area (Å²) in [4.78, 5) is 27.4. The molecule has 1 aromatic carbocycles. The van der Waals surface area contributed by atoms with E-state index in [2.05, 4.69) is 30.3 Å². The van der Waals surface area contributed by atoms with E-state index in [1.54, 1.807) is 20.0 Å². The molecule has 1 saturated heterocycles. The topological polar surface area (TPSA) is 111 Å². The van der Waals surface area contributed by atoms with E-state index in [-0.39, 0.29) is 17.1 Å². The summed E-state index contributed by atoms with van der Waals surface area (Å²) in [6, 6.07) is 4.19. The number of aromatic nitrogens is 5. The number of ether oxygens (including phenoxy) is 1. The lowest BCUT2D eigenvalue weighted by atomic mass is 10.1. The van der Waals surface area contributed by atoms with E-state index < -0.39 is 11.7 Å². The number of aryl methyl sites for hydroxylation is 2. The smallest absolute Gasteiger partial charge is 0.293 e. The van der Waals surface area contributed by atoms with Crippen LogP contribution in [-0.4, -0.2) is 56.8 Å². The van der Waals surface area contributed by atoms with Gasteiger partial charge in [0.25, 0.3) is 11.7 Å². The van der Waals surface area contributed by atoms with E-state index in [1.807, 2.05) is 6.20 Å². The minimum Gasteiger partial charge on any atom is -0.436 e. The molecular formula is C21H20FN7O3. The van der Waals surface area contributed by atoms with Gasteiger partial charge in [-0.25, -0.2) is 18.9 Å². The number of carbonyl (C=O) groups is 1. The van der Waals surface area contributed by atoms with Crippen LogP contribution >= 0.6 is 0 Å². The normalized spacial score (nSPS) is 14.2. The standard InChI is InChI=1S/C21H20FN7O3/c1-12-18(32-13(2)24-12)20(30)25-14-3-4-17(22)16(9-14)19-26-21-23-10-15(11-29(21)27-19)28-5-7-31-8-6-28/h3-4,9-11H,5-8H2,1-2H3,(H,25,30). The van der Waals surface area contributed by atoms with Gasteiger partial charge in [-0.05, 0) is 25.1 Å². The van der Waals surface area contributed by atoms with E-state index >= 15 is 0 Å². The van der Waals surface area contributed by atoms with Crippen molar-refractivity contribution in [1.29, 1.82) is 0 Å². The number of fused-ring (bicyclic) bond motifs is 1. The van der Waals surface area contributed by atoms with Crippen molar-refractivity contribution in [2.45, 2.75) is 13.8 Å². The fourth-order valence-electron chi connectivity index (χ4n) is 3.58. The molecule has 4 heterocycles. The van der Waals surface area contributed by atoms with Crippen molar-refractivity contribution >= 4 is 23.1 Å². The predicted octanol–water partition coefficient (Wildman–Crippen LogP) is 2.62. The van der Waals surface area contributed by atoms with Crippen LogP contribution in [0.4, 0.5) is 15.8 Å². The van der Waals surface area contributed by atoms with E-state index in [0.29, 0.717) is 36.3 Å². The van der Waals surface area contributed by atoms with Gasteiger partial charge in [0.2, 0.25) is 5.76 Å². The van der Waals surface area contributed by atoms with Crippen LogP contribution in [0.1, 0.15) is 22.1 Å². The molecule has 164 valence electrons. The molecule has 1 aliphatic heterocycles. The van der Waals surface area contributed by atoms with Crippen LogP contribution in [-0.2, 0) is 4.74 Å². The zero-order valence-corrected chi connectivity index (χ0v) is 17.5. The molecule has 0 radical (unpaired) electrons. The molecule has 1 aliphatic rings. The van der Waals surface area contributed by atoms with Crippen molar-refractivity contribution in [1.82, 2.24) is 24.6 Å². The summed E-state index contributed by atoms with van der Waals surface area (Å²) in [5.41, 5.74) is 1.88. The number of morpholine rings is 1. The molecular weight excluding hydrogens is 417 g/mol. The summed E-state index contributed by atoms with van der Waals surface area (Å²) in [7, 11) is 0. The third-order valence-electron chi connectivity index (χ3n) is 5.13. The average molecular weight is 437 g/mol. The minimum absolute atomic E-state index is 0.110. The molecule has 0 aliphatic carbocycles. The number of carbonyl (C=O) groups excluding carboxylic acids is 1. The van der Waals surface area contributed by atoms with Gasteiger partial charge in [-0.15, -0.1) is 5.10 Å². The Balaban J connectivity index is 1.43. The summed E-state index contributed by atoms with van der Waals surface area (Å²) in [6.45, 7) is 6.16. The lowest BCUT2D eigenvalue weighted by Gasteiger charge is -2.28. The summed E-state index contributed by atoms with van der Waals surface area (Å²) < 4.78 is 26.9. The Bertz CT molecular complexity index is 1310. The monoisotopic (exact) mass is 437 g/mol. The Morgan fingerprint density at radius 3 is 2.75 bits per heavy atom. The number of hydrogen-bond acceptors (Lipinski definition) is 8. The maximum Gasteiger partial charge on any atom is 0.293 e. The third kappa shape index (κ3) is 3.78. The Labute approximate surface area is 182 Å². The Morgan fingerprint density at radius 1 is 1.19 bits per heavy atom. The predicted molar refractivity (Wildman–Crippen MR) is 113 cm³/mol. The number of nitrogens with one attached hydrogen (secondary N) is 1. The number of anilines is 2. The summed E-state index contributed by atoms with van der Waals surface area (Å²) in [6.07, 6.45) is 3.52. The summed E-state index contributed by atoms with van der Waals surface area (Å²) in [5.74, 6) is 0.0272. The van der Waals surface area contributed by atoms with Crippen molar-refractivity contribution in [2.24, 2.45) is 0 Å². The lowest BCUT2D eigenvalue weighted by Crippen LogP contribution is -2.36. The van der Waals surface area contributed by atoms with Crippen LogP contribution in [0.3, 0.4) is 0 Å². The van der Waals surface area contributed by atoms with Crippen molar-refractivity contribution in [3.8, 4) is 11.4 Å². The molecule has 0 bridgehead atoms. The van der Waals surface area contributed by atoms with Crippen LogP contribution in [0.25, 0.3) is 17.2 Å². The first-order valence-electron chi connectivity index (χ1n) is 10.1. The fourth-order valence-corrected chi connectivity index (χ4v) is 3.58. The number of halogens is 1. The lowest BCUT2D eigenvalue weighted by molar-refractivity contribution is 0.0994. The molecule has 3 aromatic heterocycles. The second kappa shape index (κ2) is 8.00. The average Bonchev–Trinajstić information content (AvgIpc) is 3.37. The highest BCUT2D eigenvalue weighted by Crippen LogP contribution is 2.25. The van der Waals surface area contributed by atoms with Crippen molar-refractivity contribution < 1.29 is 18.3 Å². The second-order valence-electron chi connectivity index (χ2n) is 7.39. The van der Waals surface area contributed by atoms with Gasteiger partial charge in [0, 0.05) is 25.7 Å². The van der Waals surface area contributed by atoms with Gasteiger partial charge in [0.05, 0.1) is 42.6 Å². The number of amides is 1. The maximum absolute atomic E-state index is 14.6. The van der Waals surface area contributed by atoms with Crippen molar-refractivity contribution in [3.05, 3.63) is 53.8 Å². The van der Waals surface area contributed by atoms with Crippen LogP contribution in [0.5, 0.6) is 0 Å². The van der Waals surface area contributed by atoms with Crippen LogP contribution < -0.4 is 10.2 Å². The fraction of sp³-hybridized carbons (Fsp3) is 0.286. The first-order chi connectivity index (χ1) is 15.5. The van der Waals surface area contributed by atoms with E-state index in [4.69, 9.17) is 9.15 Å². The van der Waals surface area contributed by atoms with Crippen LogP contribution in [0, 0.1) is 19.7 Å². The van der Waals surface area contributed by atoms with Gasteiger partial charge in [-0.3, -0.25) is 4.79 Å². The minimum atomic E-state index is -0.515. The number of rotatable bonds is 4. The maximum atomic E-state index is 14.6. The Kier molecular flexibility index (Phi) is 5.02. The molecule has 32 heavy (non-hydrogen) atoms. The molecule has 5 rings (SSSR count). The van der Waals surface area contributed by atoms with Gasteiger partial charge in [-0.2, -0.15) is 4.98 Å². The molecule has 0 spiro atoms. The Hall–Kier alpha value is -3.86. The first-order valence-corrected chi connectivity index (χ1v) is 10.1. The first kappa shape index (κ1) is 20.1. The summed E-state index contributed by atoms with van der Waals surface area (Å²) in [5, 5.41) is 7.10. The van der Waals surface area contributed by atoms with Crippen LogP contribution in [0.2, 0.25) is 0 Å². The van der Waals surface area contributed by atoms with Gasteiger partial charge in [0.15, 0.2) is 11.7 Å². The van der Waals surface area contributed by atoms with Crippen LogP contribution in [0.15, 0.2) is 35.0 Å². The highest BCUT2D eigenvalue weighted by atomic mass is 19.1. The van der Waals surface area contributed by atoms with Crippen molar-refractivity contribution in [3.63, 3.8) is 0 Å². The van der Waals surface area contributed by atoms with Gasteiger partial charge >= 0.3 is 0 Å². The molecule has 10 nitrogen and oxygen atoms in total. The van der Waals surface area contributed by atoms with Crippen molar-refractivity contribution in [2.75, 3.05) is 36.5 Å². The number of hydrogen-bond donors (Lipinski definition) is 1. The van der Waals surface area contributed by atoms with E-state index in [0.717, 1.165) is 18.8 Å². The van der Waals surface area contributed by atoms with Gasteiger partial charge < -0.3 is 19.4 Å². The molecule has 0 atom stereocenters. The Morgan fingerprint density at radius 2 is 2.00 bits per heavy atom. The second-order valence-corrected chi connectivity index (χ2v) is 7.39. The molecule has 0 saturated carbocycles. The molecule has 1 fully saturated rings. The molecule has 1 N–H and O–H groups in total. The largest absolute Gasteiger partial charge is 0.436 e. The molecule has 0 unspecified atom stereocenters. The third-order valence-corrected chi connectivity index (χ3v) is 5.13. The van der Waals surface area contributed by atoms with E-state index in [1.165, 1.54) is 22.7 Å². The summed E-state index contributed by atoms with van der Waals surface area (Å²) >= 11 is 0. The molecule has 11 heteroatoms. The zero-order chi connectivity index (χ0) is 22.2. The number of nitrogens with zero attached hydrogens (tertiary/aromatic N) is 6. The quantitative estimate of drug-likeness (QED) is 0.519. The molecule has 4 aromatic rings.